The van der Waals surface area contributed by atoms with Crippen LogP contribution in [0.4, 0.5) is 27.6 Å². The van der Waals surface area contributed by atoms with Gasteiger partial charge in [-0.15, -0.1) is 0 Å². The van der Waals surface area contributed by atoms with Gasteiger partial charge < -0.3 is 19.8 Å². The Balaban J connectivity index is 1.64. The molecule has 0 bridgehead atoms. The van der Waals surface area contributed by atoms with Crippen LogP contribution in [0.2, 0.25) is 0 Å². The van der Waals surface area contributed by atoms with Crippen molar-refractivity contribution in [3.05, 3.63) is 53.7 Å². The highest BCUT2D eigenvalue weighted by Crippen LogP contribution is 2.44. The van der Waals surface area contributed by atoms with E-state index in [4.69, 9.17) is 4.74 Å². The van der Waals surface area contributed by atoms with Gasteiger partial charge in [-0.25, -0.2) is 13.8 Å². The summed E-state index contributed by atoms with van der Waals surface area (Å²) in [5.74, 6) is 0.104. The lowest BCUT2D eigenvalue weighted by molar-refractivity contribution is -0.142. The Kier molecular flexibility index (Phi) is 5.93. The van der Waals surface area contributed by atoms with Crippen molar-refractivity contribution >= 4 is 5.69 Å². The minimum atomic E-state index is -4.48. The fourth-order valence-corrected chi connectivity index (χ4v) is 3.63. The van der Waals surface area contributed by atoms with Crippen molar-refractivity contribution in [1.82, 2.24) is 19.7 Å². The summed E-state index contributed by atoms with van der Waals surface area (Å²) in [5, 5.41) is 25.2. The van der Waals surface area contributed by atoms with E-state index in [2.05, 4.69) is 15.1 Å². The number of fused-ring (bicyclic) bond motifs is 1. The number of nitrogens with zero attached hydrogens (tertiary/aromatic N) is 5. The Morgan fingerprint density at radius 3 is 2.58 bits per heavy atom. The molecular formula is C20H18F5N5O3. The monoisotopic (exact) mass is 471 g/mol. The molecule has 0 fully saturated rings. The molecule has 3 aromatic rings. The van der Waals surface area contributed by atoms with Gasteiger partial charge in [-0.05, 0) is 24.6 Å². The highest BCUT2D eigenvalue weighted by molar-refractivity contribution is 5.64. The van der Waals surface area contributed by atoms with Gasteiger partial charge in [-0.1, -0.05) is 0 Å². The molecule has 8 nitrogen and oxygen atoms in total. The van der Waals surface area contributed by atoms with Gasteiger partial charge in [-0.3, -0.25) is 9.67 Å². The molecule has 4 heterocycles. The maximum Gasteiger partial charge on any atom is 0.408 e. The third-order valence-electron chi connectivity index (χ3n) is 4.97. The van der Waals surface area contributed by atoms with Crippen molar-refractivity contribution in [3.63, 3.8) is 0 Å². The average Bonchev–Trinajstić information content (AvgIpc) is 3.27. The molecule has 0 radical (unpaired) electrons. The second-order valence-electron chi connectivity index (χ2n) is 7.40. The highest BCUT2D eigenvalue weighted by atomic mass is 19.4. The molecule has 0 spiro atoms. The summed E-state index contributed by atoms with van der Waals surface area (Å²) in [6.07, 6.45) is -5.11. The summed E-state index contributed by atoms with van der Waals surface area (Å²) in [7, 11) is 0. The van der Waals surface area contributed by atoms with Crippen molar-refractivity contribution in [2.24, 2.45) is 0 Å². The third-order valence-corrected chi connectivity index (χ3v) is 4.97. The quantitative estimate of drug-likeness (QED) is 0.533. The number of rotatable bonds is 6. The first-order chi connectivity index (χ1) is 15.5. The van der Waals surface area contributed by atoms with E-state index in [0.717, 1.165) is 17.3 Å². The number of pyridine rings is 2. The zero-order valence-corrected chi connectivity index (χ0v) is 17.0. The molecule has 0 aromatic carbocycles. The van der Waals surface area contributed by atoms with E-state index in [1.807, 2.05) is 0 Å². The number of alkyl halides is 5. The smallest absolute Gasteiger partial charge is 0.408 e. The number of hydrogen-bond acceptors (Lipinski definition) is 7. The van der Waals surface area contributed by atoms with Crippen molar-refractivity contribution < 1.29 is 36.9 Å². The lowest BCUT2D eigenvalue weighted by atomic mass is 10.0. The van der Waals surface area contributed by atoms with E-state index in [0.29, 0.717) is 27.1 Å². The third kappa shape index (κ3) is 4.73. The highest BCUT2D eigenvalue weighted by Gasteiger charge is 2.40. The first-order valence-electron chi connectivity index (χ1n) is 9.65. The van der Waals surface area contributed by atoms with Gasteiger partial charge in [-0.2, -0.15) is 18.3 Å². The average molecular weight is 471 g/mol. The first kappa shape index (κ1) is 22.9. The SMILES string of the molecule is Cc1cc(-c2cncc(OCC(F)F)c2)nc2c1C(O)N(c1cnn(CC(F)(F)F)c1)C2O. The largest absolute Gasteiger partial charge is 0.486 e. The molecule has 2 unspecified atom stereocenters. The maximum atomic E-state index is 12.6. The molecule has 0 aliphatic carbocycles. The molecule has 33 heavy (non-hydrogen) atoms. The molecule has 0 saturated heterocycles. The maximum absolute atomic E-state index is 12.6. The van der Waals surface area contributed by atoms with E-state index < -0.39 is 38.2 Å². The Hall–Kier alpha value is -3.32. The normalized spacial score (nSPS) is 18.2. The fourth-order valence-electron chi connectivity index (χ4n) is 3.63. The van der Waals surface area contributed by atoms with E-state index in [9.17, 15) is 32.2 Å². The van der Waals surface area contributed by atoms with Crippen LogP contribution in [-0.2, 0) is 6.54 Å². The van der Waals surface area contributed by atoms with Gasteiger partial charge in [0.2, 0.25) is 0 Å². The van der Waals surface area contributed by atoms with Crippen LogP contribution in [-0.4, -0.2) is 49.2 Å². The van der Waals surface area contributed by atoms with Crippen molar-refractivity contribution in [2.45, 2.75) is 38.5 Å². The Bertz CT molecular complexity index is 1150. The van der Waals surface area contributed by atoms with E-state index in [1.165, 1.54) is 18.5 Å². The van der Waals surface area contributed by atoms with E-state index in [1.54, 1.807) is 13.0 Å². The molecule has 2 N–H and O–H groups in total. The summed E-state index contributed by atoms with van der Waals surface area (Å²) in [6.45, 7) is -0.455. The van der Waals surface area contributed by atoms with Gasteiger partial charge >= 0.3 is 6.18 Å². The van der Waals surface area contributed by atoms with Gasteiger partial charge in [0, 0.05) is 23.5 Å². The molecule has 176 valence electrons. The molecule has 4 rings (SSSR count). The molecule has 1 aliphatic rings. The number of aliphatic hydroxyl groups excluding tert-OH is 2. The fraction of sp³-hybridized carbons (Fsp3) is 0.350. The second-order valence-corrected chi connectivity index (χ2v) is 7.40. The van der Waals surface area contributed by atoms with Crippen LogP contribution in [0.15, 0.2) is 36.9 Å². The topological polar surface area (TPSA) is 96.5 Å². The summed E-state index contributed by atoms with van der Waals surface area (Å²) in [4.78, 5) is 9.44. The van der Waals surface area contributed by atoms with Crippen LogP contribution in [0.3, 0.4) is 0 Å². The van der Waals surface area contributed by atoms with Crippen LogP contribution in [0.1, 0.15) is 29.3 Å². The van der Waals surface area contributed by atoms with Crippen molar-refractivity contribution in [3.8, 4) is 17.0 Å². The second kappa shape index (κ2) is 8.56. The lowest BCUT2D eigenvalue weighted by Gasteiger charge is -2.24. The minimum absolute atomic E-state index is 0.0715. The summed E-state index contributed by atoms with van der Waals surface area (Å²) < 4.78 is 68.4. The van der Waals surface area contributed by atoms with Crippen LogP contribution >= 0.6 is 0 Å². The number of hydrogen-bond donors (Lipinski definition) is 2. The first-order valence-corrected chi connectivity index (χ1v) is 9.65. The summed E-state index contributed by atoms with van der Waals surface area (Å²) >= 11 is 0. The number of anilines is 1. The Morgan fingerprint density at radius 2 is 1.88 bits per heavy atom. The molecular weight excluding hydrogens is 453 g/mol. The number of ether oxygens (including phenoxy) is 1. The van der Waals surface area contributed by atoms with E-state index >= 15 is 0 Å². The Labute approximate surface area is 183 Å². The zero-order chi connectivity index (χ0) is 23.9. The van der Waals surface area contributed by atoms with Crippen molar-refractivity contribution in [2.75, 3.05) is 11.5 Å². The van der Waals surface area contributed by atoms with Crippen LogP contribution in [0.5, 0.6) is 5.75 Å². The zero-order valence-electron chi connectivity index (χ0n) is 17.0. The van der Waals surface area contributed by atoms with Crippen LogP contribution in [0, 0.1) is 6.92 Å². The molecule has 3 aromatic heterocycles. The summed E-state index contributed by atoms with van der Waals surface area (Å²) in [5.41, 5.74) is 1.77. The standard InChI is InChI=1S/C20H18F5N5O3/c1-10-2-14(11-3-13(6-26-4-11)33-8-15(21)22)28-17-16(10)18(31)30(19(17)32)12-5-27-29(7-12)9-20(23,24)25/h2-7,15,18-19,31-32H,8-9H2,1H3. The number of aryl methyl sites for hydroxylation is 1. The van der Waals surface area contributed by atoms with Crippen molar-refractivity contribution in [1.29, 1.82) is 0 Å². The molecule has 13 heteroatoms. The minimum Gasteiger partial charge on any atom is -0.486 e. The van der Waals surface area contributed by atoms with E-state index in [-0.39, 0.29) is 17.1 Å². The Morgan fingerprint density at radius 1 is 1.12 bits per heavy atom. The molecule has 1 aliphatic heterocycles. The molecule has 2 atom stereocenters. The van der Waals surface area contributed by atoms with Crippen LogP contribution < -0.4 is 9.64 Å². The number of halogens is 5. The molecule has 0 saturated carbocycles. The summed E-state index contributed by atoms with van der Waals surface area (Å²) in [6, 6.07) is 3.07. The van der Waals surface area contributed by atoms with Gasteiger partial charge in [0.15, 0.2) is 12.5 Å². The van der Waals surface area contributed by atoms with Gasteiger partial charge in [0.05, 0.1) is 29.5 Å². The predicted octanol–water partition coefficient (Wildman–Crippen LogP) is 3.36. The number of aromatic nitrogens is 4. The van der Waals surface area contributed by atoms with Gasteiger partial charge in [0.1, 0.15) is 18.9 Å². The predicted molar refractivity (Wildman–Crippen MR) is 104 cm³/mol. The van der Waals surface area contributed by atoms with Crippen LogP contribution in [0.25, 0.3) is 11.3 Å². The van der Waals surface area contributed by atoms with Gasteiger partial charge in [0.25, 0.3) is 6.43 Å². The molecule has 0 amide bonds. The number of aliphatic hydroxyl groups is 2. The lowest BCUT2D eigenvalue weighted by Crippen LogP contribution is -2.25.